The van der Waals surface area contributed by atoms with Crippen LogP contribution in [0.1, 0.15) is 32.6 Å². The number of carbonyl (C=O) groups excluding carboxylic acids is 1. The van der Waals surface area contributed by atoms with Gasteiger partial charge in [-0.3, -0.25) is 4.79 Å². The van der Waals surface area contributed by atoms with Crippen LogP contribution in [0.3, 0.4) is 0 Å². The van der Waals surface area contributed by atoms with E-state index < -0.39 is 0 Å². The van der Waals surface area contributed by atoms with E-state index in [0.717, 1.165) is 18.8 Å². The number of Topliss-reactive ketones (excluding diaryl/α,β-unsaturated/α-hetero) is 1. The van der Waals surface area contributed by atoms with Gasteiger partial charge in [0.2, 0.25) is 0 Å². The highest BCUT2D eigenvalue weighted by Gasteiger charge is 2.22. The standard InChI is InChI=1S/C9H16OS/c1-7-2-4-8(5-3-7)9(10)6-11/h7-8,11H,2-6H2,1H3. The van der Waals surface area contributed by atoms with E-state index in [1.165, 1.54) is 12.8 Å². The molecule has 0 aliphatic heterocycles. The number of carbonyl (C=O) groups is 1. The predicted octanol–water partition coefficient (Wildman–Crippen LogP) is 2.31. The molecule has 1 aliphatic rings. The van der Waals surface area contributed by atoms with E-state index in [9.17, 15) is 4.79 Å². The number of rotatable bonds is 2. The normalized spacial score (nSPS) is 31.8. The molecular weight excluding hydrogens is 156 g/mol. The van der Waals surface area contributed by atoms with E-state index in [2.05, 4.69) is 19.6 Å². The first kappa shape index (κ1) is 9.11. The molecule has 0 aromatic rings. The molecule has 0 aromatic heterocycles. The van der Waals surface area contributed by atoms with Gasteiger partial charge in [-0.2, -0.15) is 12.6 Å². The van der Waals surface area contributed by atoms with Gasteiger partial charge in [0.05, 0.1) is 0 Å². The molecule has 0 aromatic carbocycles. The highest BCUT2D eigenvalue weighted by molar-refractivity contribution is 7.81. The molecule has 0 amide bonds. The summed E-state index contributed by atoms with van der Waals surface area (Å²) < 4.78 is 0. The smallest absolute Gasteiger partial charge is 0.145 e. The summed E-state index contributed by atoms with van der Waals surface area (Å²) in [5, 5.41) is 0. The van der Waals surface area contributed by atoms with Crippen molar-refractivity contribution in [2.45, 2.75) is 32.6 Å². The largest absolute Gasteiger partial charge is 0.298 e. The molecule has 0 spiro atoms. The Morgan fingerprint density at radius 1 is 1.36 bits per heavy atom. The van der Waals surface area contributed by atoms with Gasteiger partial charge in [0.1, 0.15) is 5.78 Å². The Morgan fingerprint density at radius 2 is 1.91 bits per heavy atom. The van der Waals surface area contributed by atoms with Gasteiger partial charge in [-0.1, -0.05) is 19.8 Å². The lowest BCUT2D eigenvalue weighted by Gasteiger charge is -2.24. The second-order valence-corrected chi connectivity index (χ2v) is 3.90. The van der Waals surface area contributed by atoms with Gasteiger partial charge in [0.25, 0.3) is 0 Å². The Labute approximate surface area is 74.0 Å². The van der Waals surface area contributed by atoms with Crippen molar-refractivity contribution in [2.24, 2.45) is 11.8 Å². The fraction of sp³-hybridized carbons (Fsp3) is 0.889. The lowest BCUT2D eigenvalue weighted by atomic mass is 9.81. The van der Waals surface area contributed by atoms with Crippen LogP contribution < -0.4 is 0 Å². The van der Waals surface area contributed by atoms with E-state index in [-0.39, 0.29) is 0 Å². The maximum absolute atomic E-state index is 11.2. The predicted molar refractivity (Wildman–Crippen MR) is 50.0 cm³/mol. The Balaban J connectivity index is 2.33. The van der Waals surface area contributed by atoms with Crippen molar-refractivity contribution >= 4 is 18.4 Å². The quantitative estimate of drug-likeness (QED) is 0.632. The highest BCUT2D eigenvalue weighted by atomic mass is 32.1. The van der Waals surface area contributed by atoms with Crippen LogP contribution in [0.2, 0.25) is 0 Å². The monoisotopic (exact) mass is 172 g/mol. The minimum absolute atomic E-state index is 0.337. The van der Waals surface area contributed by atoms with Crippen molar-refractivity contribution in [1.82, 2.24) is 0 Å². The maximum atomic E-state index is 11.2. The van der Waals surface area contributed by atoms with Crippen molar-refractivity contribution in [3.8, 4) is 0 Å². The van der Waals surface area contributed by atoms with Crippen LogP contribution in [0, 0.1) is 11.8 Å². The molecule has 0 saturated heterocycles. The zero-order valence-corrected chi connectivity index (χ0v) is 7.94. The molecule has 1 aliphatic carbocycles. The number of ketones is 1. The molecule has 0 bridgehead atoms. The topological polar surface area (TPSA) is 17.1 Å². The van der Waals surface area contributed by atoms with Gasteiger partial charge in [0, 0.05) is 11.7 Å². The molecule has 0 heterocycles. The molecule has 1 rings (SSSR count). The summed E-state index contributed by atoms with van der Waals surface area (Å²) in [7, 11) is 0. The summed E-state index contributed by atoms with van der Waals surface area (Å²) >= 11 is 4.00. The maximum Gasteiger partial charge on any atom is 0.145 e. The SMILES string of the molecule is CC1CCC(C(=O)CS)CC1. The van der Waals surface area contributed by atoms with Gasteiger partial charge in [-0.05, 0) is 18.8 Å². The van der Waals surface area contributed by atoms with Crippen molar-refractivity contribution in [2.75, 3.05) is 5.75 Å². The Bertz CT molecular complexity index is 136. The van der Waals surface area contributed by atoms with Gasteiger partial charge in [-0.15, -0.1) is 0 Å². The van der Waals surface area contributed by atoms with Gasteiger partial charge >= 0.3 is 0 Å². The molecule has 1 saturated carbocycles. The summed E-state index contributed by atoms with van der Waals surface area (Å²) in [6.07, 6.45) is 4.65. The Morgan fingerprint density at radius 3 is 2.36 bits per heavy atom. The molecule has 0 N–H and O–H groups in total. The molecule has 2 heteroatoms. The highest BCUT2D eigenvalue weighted by Crippen LogP contribution is 2.28. The molecular formula is C9H16OS. The molecule has 0 unspecified atom stereocenters. The van der Waals surface area contributed by atoms with Crippen LogP contribution in [0.25, 0.3) is 0 Å². The second kappa shape index (κ2) is 4.15. The van der Waals surface area contributed by atoms with Crippen LogP contribution in [0.5, 0.6) is 0 Å². The van der Waals surface area contributed by atoms with Gasteiger partial charge in [0.15, 0.2) is 0 Å². The lowest BCUT2D eigenvalue weighted by molar-refractivity contribution is -0.121. The van der Waals surface area contributed by atoms with Crippen molar-refractivity contribution < 1.29 is 4.79 Å². The Kier molecular flexibility index (Phi) is 3.44. The second-order valence-electron chi connectivity index (χ2n) is 3.58. The van der Waals surface area contributed by atoms with E-state index in [0.29, 0.717) is 17.5 Å². The van der Waals surface area contributed by atoms with Crippen molar-refractivity contribution in [1.29, 1.82) is 0 Å². The van der Waals surface area contributed by atoms with Crippen LogP contribution in [-0.2, 0) is 4.79 Å². The first-order chi connectivity index (χ1) is 5.24. The summed E-state index contributed by atoms with van der Waals surface area (Å²) in [5.74, 6) is 1.95. The minimum atomic E-state index is 0.337. The van der Waals surface area contributed by atoms with Crippen molar-refractivity contribution in [3.63, 3.8) is 0 Å². The molecule has 64 valence electrons. The third-order valence-electron chi connectivity index (χ3n) is 2.63. The van der Waals surface area contributed by atoms with Crippen molar-refractivity contribution in [3.05, 3.63) is 0 Å². The minimum Gasteiger partial charge on any atom is -0.298 e. The van der Waals surface area contributed by atoms with Gasteiger partial charge < -0.3 is 0 Å². The average Bonchev–Trinajstić information content (AvgIpc) is 2.05. The summed E-state index contributed by atoms with van der Waals surface area (Å²) in [4.78, 5) is 11.2. The van der Waals surface area contributed by atoms with Gasteiger partial charge in [-0.25, -0.2) is 0 Å². The van der Waals surface area contributed by atoms with Crippen LogP contribution >= 0.6 is 12.6 Å². The fourth-order valence-electron chi connectivity index (χ4n) is 1.71. The third-order valence-corrected chi connectivity index (χ3v) is 2.94. The van der Waals surface area contributed by atoms with E-state index in [1.807, 2.05) is 0 Å². The number of thiol groups is 1. The van der Waals surface area contributed by atoms with E-state index in [1.54, 1.807) is 0 Å². The zero-order chi connectivity index (χ0) is 8.27. The van der Waals surface area contributed by atoms with Crippen LogP contribution in [0.15, 0.2) is 0 Å². The summed E-state index contributed by atoms with van der Waals surface area (Å²) in [6.45, 7) is 2.27. The molecule has 1 nitrogen and oxygen atoms in total. The third kappa shape index (κ3) is 2.51. The first-order valence-electron chi connectivity index (χ1n) is 4.37. The van der Waals surface area contributed by atoms with Crippen LogP contribution in [0.4, 0.5) is 0 Å². The zero-order valence-electron chi connectivity index (χ0n) is 7.05. The van der Waals surface area contributed by atoms with E-state index in [4.69, 9.17) is 0 Å². The molecule has 0 atom stereocenters. The number of hydrogen-bond acceptors (Lipinski definition) is 2. The molecule has 11 heavy (non-hydrogen) atoms. The molecule has 1 fully saturated rings. The van der Waals surface area contributed by atoms with Crippen LogP contribution in [-0.4, -0.2) is 11.5 Å². The Hall–Kier alpha value is 0.0200. The average molecular weight is 172 g/mol. The van der Waals surface area contributed by atoms with E-state index >= 15 is 0 Å². The fourth-order valence-corrected chi connectivity index (χ4v) is 1.97. The first-order valence-corrected chi connectivity index (χ1v) is 5.01. The lowest BCUT2D eigenvalue weighted by Crippen LogP contribution is -2.21. The summed E-state index contributed by atoms with van der Waals surface area (Å²) in [5.41, 5.74) is 0. The number of hydrogen-bond donors (Lipinski definition) is 1. The summed E-state index contributed by atoms with van der Waals surface area (Å²) in [6, 6.07) is 0. The molecule has 0 radical (unpaired) electrons.